The van der Waals surface area contributed by atoms with E-state index in [1.807, 2.05) is 17.9 Å². The Morgan fingerprint density at radius 1 is 1.57 bits per heavy atom. The smallest absolute Gasteiger partial charge is 0.329 e. The molecule has 2 heterocycles. The summed E-state index contributed by atoms with van der Waals surface area (Å²) in [6, 6.07) is 3.27. The van der Waals surface area contributed by atoms with Gasteiger partial charge in [0.15, 0.2) is 0 Å². The number of nitro groups is 1. The van der Waals surface area contributed by atoms with E-state index in [9.17, 15) is 10.1 Å². The van der Waals surface area contributed by atoms with Gasteiger partial charge in [0.2, 0.25) is 5.82 Å². The standard InChI is InChI=1S/C14H19N5O2/c1-2-18(10-11-3-6-16-7-4-11)14-13(19(20)21)12(9-15)5-8-17-14/h5,8,11,16H,2-4,6-7,10H2,1H3. The first-order valence-corrected chi connectivity index (χ1v) is 7.16. The highest BCUT2D eigenvalue weighted by atomic mass is 16.6. The molecule has 7 nitrogen and oxygen atoms in total. The fourth-order valence-electron chi connectivity index (χ4n) is 2.69. The van der Waals surface area contributed by atoms with E-state index in [2.05, 4.69) is 10.3 Å². The predicted molar refractivity (Wildman–Crippen MR) is 79.1 cm³/mol. The summed E-state index contributed by atoms with van der Waals surface area (Å²) < 4.78 is 0. The number of piperidine rings is 1. The molecule has 0 aromatic carbocycles. The maximum atomic E-state index is 11.3. The molecule has 1 aliphatic heterocycles. The fourth-order valence-corrected chi connectivity index (χ4v) is 2.69. The van der Waals surface area contributed by atoms with Crippen LogP contribution in [-0.4, -0.2) is 36.1 Å². The summed E-state index contributed by atoms with van der Waals surface area (Å²) in [5.74, 6) is 0.804. The van der Waals surface area contributed by atoms with Gasteiger partial charge in [0, 0.05) is 19.3 Å². The lowest BCUT2D eigenvalue weighted by molar-refractivity contribution is -0.384. The van der Waals surface area contributed by atoms with Gasteiger partial charge in [0.1, 0.15) is 11.6 Å². The second kappa shape index (κ2) is 6.99. The van der Waals surface area contributed by atoms with E-state index in [0.29, 0.717) is 18.3 Å². The molecule has 1 aromatic rings. The minimum atomic E-state index is -0.508. The molecule has 112 valence electrons. The highest BCUT2D eigenvalue weighted by Crippen LogP contribution is 2.30. The zero-order chi connectivity index (χ0) is 15.2. The van der Waals surface area contributed by atoms with Crippen LogP contribution in [-0.2, 0) is 0 Å². The predicted octanol–water partition coefficient (Wildman–Crippen LogP) is 1.69. The average Bonchev–Trinajstić information content (AvgIpc) is 2.52. The van der Waals surface area contributed by atoms with Crippen molar-refractivity contribution >= 4 is 11.5 Å². The molecular formula is C14H19N5O2. The third-order valence-electron chi connectivity index (χ3n) is 3.83. The maximum Gasteiger partial charge on any atom is 0.329 e. The molecule has 0 spiro atoms. The Morgan fingerprint density at radius 3 is 2.86 bits per heavy atom. The van der Waals surface area contributed by atoms with E-state index in [1.165, 1.54) is 12.3 Å². The summed E-state index contributed by atoms with van der Waals surface area (Å²) in [4.78, 5) is 16.9. The van der Waals surface area contributed by atoms with Gasteiger partial charge in [-0.05, 0) is 44.8 Å². The van der Waals surface area contributed by atoms with Gasteiger partial charge in [-0.1, -0.05) is 0 Å². The zero-order valence-electron chi connectivity index (χ0n) is 12.1. The molecule has 1 aromatic heterocycles. The normalized spacial score (nSPS) is 15.4. The van der Waals surface area contributed by atoms with Crippen LogP contribution < -0.4 is 10.2 Å². The maximum absolute atomic E-state index is 11.3. The van der Waals surface area contributed by atoms with Crippen LogP contribution in [0.4, 0.5) is 11.5 Å². The van der Waals surface area contributed by atoms with Gasteiger partial charge in [-0.2, -0.15) is 5.26 Å². The van der Waals surface area contributed by atoms with E-state index >= 15 is 0 Å². The summed E-state index contributed by atoms with van der Waals surface area (Å²) in [5.41, 5.74) is -0.121. The van der Waals surface area contributed by atoms with Crippen molar-refractivity contribution in [3.63, 3.8) is 0 Å². The van der Waals surface area contributed by atoms with Gasteiger partial charge in [-0.3, -0.25) is 10.1 Å². The Kier molecular flexibility index (Phi) is 5.06. The van der Waals surface area contributed by atoms with Crippen molar-refractivity contribution in [2.75, 3.05) is 31.1 Å². The van der Waals surface area contributed by atoms with Gasteiger partial charge in [0.25, 0.3) is 0 Å². The van der Waals surface area contributed by atoms with E-state index in [0.717, 1.165) is 32.5 Å². The van der Waals surface area contributed by atoms with E-state index in [1.54, 1.807) is 0 Å². The molecule has 0 aliphatic carbocycles. The Bertz CT molecular complexity index is 549. The van der Waals surface area contributed by atoms with Crippen molar-refractivity contribution < 1.29 is 4.92 Å². The van der Waals surface area contributed by atoms with Crippen molar-refractivity contribution in [3.8, 4) is 6.07 Å². The SMILES string of the molecule is CCN(CC1CCNCC1)c1nccc(C#N)c1[N+](=O)[O-]. The second-order valence-electron chi connectivity index (χ2n) is 5.13. The van der Waals surface area contributed by atoms with Crippen molar-refractivity contribution in [2.45, 2.75) is 19.8 Å². The number of anilines is 1. The molecular weight excluding hydrogens is 270 g/mol. The molecule has 0 saturated carbocycles. The molecule has 0 radical (unpaired) electrons. The van der Waals surface area contributed by atoms with Gasteiger partial charge >= 0.3 is 5.69 Å². The first kappa shape index (κ1) is 15.2. The number of nitrogens with zero attached hydrogens (tertiary/aromatic N) is 4. The van der Waals surface area contributed by atoms with Crippen LogP contribution in [0.25, 0.3) is 0 Å². The van der Waals surface area contributed by atoms with Crippen molar-refractivity contribution in [3.05, 3.63) is 27.9 Å². The molecule has 0 bridgehead atoms. The minimum Gasteiger partial charge on any atom is -0.351 e. The number of nitriles is 1. The Labute approximate surface area is 123 Å². The highest BCUT2D eigenvalue weighted by molar-refractivity contribution is 5.65. The molecule has 1 aliphatic rings. The van der Waals surface area contributed by atoms with Crippen LogP contribution in [0.5, 0.6) is 0 Å². The van der Waals surface area contributed by atoms with E-state index in [4.69, 9.17) is 5.26 Å². The van der Waals surface area contributed by atoms with Gasteiger partial charge in [-0.25, -0.2) is 4.98 Å². The molecule has 1 N–H and O–H groups in total. The number of nitrogens with one attached hydrogen (secondary N) is 1. The van der Waals surface area contributed by atoms with Crippen molar-refractivity contribution in [1.82, 2.24) is 10.3 Å². The average molecular weight is 289 g/mol. The Hall–Kier alpha value is -2.20. The number of aromatic nitrogens is 1. The van der Waals surface area contributed by atoms with Gasteiger partial charge < -0.3 is 10.2 Å². The molecule has 7 heteroatoms. The summed E-state index contributed by atoms with van der Waals surface area (Å²) in [7, 11) is 0. The third kappa shape index (κ3) is 3.47. The summed E-state index contributed by atoms with van der Waals surface area (Å²) >= 11 is 0. The molecule has 0 atom stereocenters. The Morgan fingerprint density at radius 2 is 2.29 bits per heavy atom. The van der Waals surface area contributed by atoms with Gasteiger partial charge in [-0.15, -0.1) is 0 Å². The van der Waals surface area contributed by atoms with Crippen molar-refractivity contribution in [2.24, 2.45) is 5.92 Å². The summed E-state index contributed by atoms with van der Waals surface area (Å²) in [5, 5.41) is 23.7. The third-order valence-corrected chi connectivity index (χ3v) is 3.83. The van der Waals surface area contributed by atoms with Crippen LogP contribution in [0.3, 0.4) is 0 Å². The molecule has 2 rings (SSSR count). The van der Waals surface area contributed by atoms with Crippen LogP contribution >= 0.6 is 0 Å². The number of hydrogen-bond donors (Lipinski definition) is 1. The summed E-state index contributed by atoms with van der Waals surface area (Å²) in [6.45, 7) is 5.28. The number of rotatable bonds is 5. The van der Waals surface area contributed by atoms with Gasteiger partial charge in [0.05, 0.1) is 4.92 Å². The molecule has 1 saturated heterocycles. The van der Waals surface area contributed by atoms with E-state index < -0.39 is 4.92 Å². The second-order valence-corrected chi connectivity index (χ2v) is 5.13. The lowest BCUT2D eigenvalue weighted by Crippen LogP contribution is -2.36. The minimum absolute atomic E-state index is 0.0637. The highest BCUT2D eigenvalue weighted by Gasteiger charge is 2.26. The topological polar surface area (TPSA) is 95.1 Å². The fraction of sp³-hybridized carbons (Fsp3) is 0.571. The summed E-state index contributed by atoms with van der Waals surface area (Å²) in [6.07, 6.45) is 3.58. The lowest BCUT2D eigenvalue weighted by atomic mass is 9.97. The molecule has 0 unspecified atom stereocenters. The van der Waals surface area contributed by atoms with Crippen LogP contribution in [0, 0.1) is 27.4 Å². The van der Waals surface area contributed by atoms with Crippen LogP contribution in [0.1, 0.15) is 25.3 Å². The van der Waals surface area contributed by atoms with Crippen LogP contribution in [0.15, 0.2) is 12.3 Å². The molecule has 1 fully saturated rings. The van der Waals surface area contributed by atoms with Crippen molar-refractivity contribution in [1.29, 1.82) is 5.26 Å². The largest absolute Gasteiger partial charge is 0.351 e. The Balaban J connectivity index is 2.29. The first-order valence-electron chi connectivity index (χ1n) is 7.16. The monoisotopic (exact) mass is 289 g/mol. The molecule has 0 amide bonds. The molecule has 21 heavy (non-hydrogen) atoms. The first-order chi connectivity index (χ1) is 10.2. The van der Waals surface area contributed by atoms with E-state index in [-0.39, 0.29) is 11.3 Å². The quantitative estimate of drug-likeness (QED) is 0.654. The number of hydrogen-bond acceptors (Lipinski definition) is 6. The van der Waals surface area contributed by atoms with Crippen LogP contribution in [0.2, 0.25) is 0 Å². The lowest BCUT2D eigenvalue weighted by Gasteiger charge is -2.29. The number of pyridine rings is 1. The zero-order valence-corrected chi connectivity index (χ0v) is 12.1.